The lowest BCUT2D eigenvalue weighted by Crippen LogP contribution is -2.39. The molecule has 1 unspecified atom stereocenters. The van der Waals surface area contributed by atoms with Crippen molar-refractivity contribution in [1.29, 1.82) is 0 Å². The van der Waals surface area contributed by atoms with Crippen molar-refractivity contribution in [3.05, 3.63) is 0 Å². The van der Waals surface area contributed by atoms with E-state index in [9.17, 15) is 0 Å². The quantitative estimate of drug-likeness (QED) is 0.635. The molecule has 11 heavy (non-hydrogen) atoms. The molecule has 0 amide bonds. The Morgan fingerprint density at radius 3 is 2.00 bits per heavy atom. The molecule has 2 N–H and O–H groups in total. The van der Waals surface area contributed by atoms with Gasteiger partial charge < -0.3 is 10.4 Å². The molecule has 0 spiro atoms. The van der Waals surface area contributed by atoms with Gasteiger partial charge in [0.15, 0.2) is 0 Å². The van der Waals surface area contributed by atoms with Crippen LogP contribution in [-0.2, 0) is 0 Å². The third-order valence-electron chi connectivity index (χ3n) is 1.79. The number of hydrogen-bond acceptors (Lipinski definition) is 2. The van der Waals surface area contributed by atoms with Crippen LogP contribution in [0.25, 0.3) is 0 Å². The highest BCUT2D eigenvalue weighted by Crippen LogP contribution is 2.06. The Morgan fingerprint density at radius 2 is 1.73 bits per heavy atom. The molecule has 0 aliphatic carbocycles. The molecule has 1 atom stereocenters. The number of aliphatic hydroxyl groups is 1. The topological polar surface area (TPSA) is 32.3 Å². The maximum absolute atomic E-state index is 8.76. The number of nitrogens with one attached hydrogen (secondary N) is 1. The van der Waals surface area contributed by atoms with Gasteiger partial charge in [-0.25, -0.2) is 0 Å². The van der Waals surface area contributed by atoms with Gasteiger partial charge in [-0.3, -0.25) is 0 Å². The summed E-state index contributed by atoms with van der Waals surface area (Å²) < 4.78 is 0. The van der Waals surface area contributed by atoms with Crippen molar-refractivity contribution >= 4 is 0 Å². The van der Waals surface area contributed by atoms with Gasteiger partial charge in [0, 0.05) is 18.7 Å². The summed E-state index contributed by atoms with van der Waals surface area (Å²) in [5, 5.41) is 12.2. The fourth-order valence-corrected chi connectivity index (χ4v) is 1.18. The average molecular weight is 159 g/mol. The number of hydrogen-bond donors (Lipinski definition) is 2. The normalized spacial score (nSPS) is 14.5. The summed E-state index contributed by atoms with van der Waals surface area (Å²) in [7, 11) is 0. The van der Waals surface area contributed by atoms with Crippen molar-refractivity contribution in [3.63, 3.8) is 0 Å². The van der Waals surface area contributed by atoms with E-state index in [1.807, 2.05) is 0 Å². The summed E-state index contributed by atoms with van der Waals surface area (Å²) in [6.07, 6.45) is 0.857. The number of rotatable bonds is 5. The highest BCUT2D eigenvalue weighted by atomic mass is 16.3. The zero-order valence-electron chi connectivity index (χ0n) is 8.09. The maximum atomic E-state index is 8.76. The van der Waals surface area contributed by atoms with E-state index in [1.54, 1.807) is 0 Å². The van der Waals surface area contributed by atoms with Crippen LogP contribution in [0.5, 0.6) is 0 Å². The van der Waals surface area contributed by atoms with Gasteiger partial charge in [0.2, 0.25) is 0 Å². The van der Waals surface area contributed by atoms with Crippen LogP contribution in [0.15, 0.2) is 0 Å². The largest absolute Gasteiger partial charge is 0.396 e. The second-order valence-electron chi connectivity index (χ2n) is 3.68. The zero-order valence-corrected chi connectivity index (χ0v) is 8.09. The highest BCUT2D eigenvalue weighted by Gasteiger charge is 2.12. The molecule has 0 aromatic heterocycles. The van der Waals surface area contributed by atoms with E-state index in [2.05, 4.69) is 33.0 Å². The summed E-state index contributed by atoms with van der Waals surface area (Å²) in [6.45, 7) is 8.90. The molecular formula is C9H21NO. The monoisotopic (exact) mass is 159 g/mol. The zero-order chi connectivity index (χ0) is 8.85. The molecule has 2 heteroatoms. The fraction of sp³-hybridized carbons (Fsp3) is 1.00. The predicted molar refractivity (Wildman–Crippen MR) is 48.6 cm³/mol. The molecule has 0 aliphatic heterocycles. The van der Waals surface area contributed by atoms with Crippen LogP contribution < -0.4 is 5.32 Å². The Hall–Kier alpha value is -0.0800. The Balaban J connectivity index is 3.69. The molecule has 0 aromatic rings. The molecule has 2 nitrogen and oxygen atoms in total. The lowest BCUT2D eigenvalue weighted by molar-refractivity contribution is 0.238. The molecule has 0 rings (SSSR count). The lowest BCUT2D eigenvalue weighted by Gasteiger charge is -2.23. The standard InChI is InChI=1S/C9H21NO/c1-7(2)9(5-6-11)10-8(3)4/h7-11H,5-6H2,1-4H3. The Labute approximate surface area is 70.0 Å². The lowest BCUT2D eigenvalue weighted by atomic mass is 10.0. The van der Waals surface area contributed by atoms with Gasteiger partial charge in [-0.1, -0.05) is 27.7 Å². The first-order valence-electron chi connectivity index (χ1n) is 4.44. The van der Waals surface area contributed by atoms with Gasteiger partial charge >= 0.3 is 0 Å². The minimum absolute atomic E-state index is 0.280. The molecule has 0 aromatic carbocycles. The van der Waals surface area contributed by atoms with E-state index in [0.717, 1.165) is 6.42 Å². The molecule has 0 aliphatic rings. The SMILES string of the molecule is CC(C)NC(CCO)C(C)C. The molecule has 0 fully saturated rings. The molecule has 0 saturated heterocycles. The summed E-state index contributed by atoms with van der Waals surface area (Å²) in [4.78, 5) is 0. The van der Waals surface area contributed by atoms with Crippen LogP contribution in [0.2, 0.25) is 0 Å². The van der Waals surface area contributed by atoms with Crippen LogP contribution in [0.1, 0.15) is 34.1 Å². The smallest absolute Gasteiger partial charge is 0.0445 e. The van der Waals surface area contributed by atoms with Crippen molar-refractivity contribution < 1.29 is 5.11 Å². The van der Waals surface area contributed by atoms with Gasteiger partial charge in [-0.05, 0) is 12.3 Å². The van der Waals surface area contributed by atoms with Crippen molar-refractivity contribution in [2.45, 2.75) is 46.2 Å². The van der Waals surface area contributed by atoms with Gasteiger partial charge in [0.1, 0.15) is 0 Å². The van der Waals surface area contributed by atoms with Crippen molar-refractivity contribution in [1.82, 2.24) is 5.32 Å². The Morgan fingerprint density at radius 1 is 1.18 bits per heavy atom. The summed E-state index contributed by atoms with van der Waals surface area (Å²) in [6, 6.07) is 0.967. The van der Waals surface area contributed by atoms with Gasteiger partial charge in [-0.2, -0.15) is 0 Å². The molecule has 0 heterocycles. The van der Waals surface area contributed by atoms with E-state index >= 15 is 0 Å². The second-order valence-corrected chi connectivity index (χ2v) is 3.68. The summed E-state index contributed by atoms with van der Waals surface area (Å²) >= 11 is 0. The minimum Gasteiger partial charge on any atom is -0.396 e. The second kappa shape index (κ2) is 5.56. The number of aliphatic hydroxyl groups excluding tert-OH is 1. The third kappa shape index (κ3) is 5.22. The van der Waals surface area contributed by atoms with Crippen molar-refractivity contribution in [2.75, 3.05) is 6.61 Å². The molecule has 0 radical (unpaired) electrons. The van der Waals surface area contributed by atoms with Crippen molar-refractivity contribution in [3.8, 4) is 0 Å². The van der Waals surface area contributed by atoms with Gasteiger partial charge in [-0.15, -0.1) is 0 Å². The van der Waals surface area contributed by atoms with E-state index in [0.29, 0.717) is 18.0 Å². The molecule has 0 saturated carbocycles. The first-order valence-corrected chi connectivity index (χ1v) is 4.44. The summed E-state index contributed by atoms with van der Waals surface area (Å²) in [5.41, 5.74) is 0. The van der Waals surface area contributed by atoms with Crippen LogP contribution in [-0.4, -0.2) is 23.8 Å². The average Bonchev–Trinajstić information content (AvgIpc) is 1.86. The van der Waals surface area contributed by atoms with E-state index < -0.39 is 0 Å². The van der Waals surface area contributed by atoms with Crippen LogP contribution in [0.4, 0.5) is 0 Å². The predicted octanol–water partition coefficient (Wildman–Crippen LogP) is 1.39. The van der Waals surface area contributed by atoms with Crippen LogP contribution >= 0.6 is 0 Å². The minimum atomic E-state index is 0.280. The highest BCUT2D eigenvalue weighted by molar-refractivity contribution is 4.71. The summed E-state index contributed by atoms with van der Waals surface area (Å²) in [5.74, 6) is 0.601. The van der Waals surface area contributed by atoms with E-state index in [1.165, 1.54) is 0 Å². The fourth-order valence-electron chi connectivity index (χ4n) is 1.18. The third-order valence-corrected chi connectivity index (χ3v) is 1.79. The first-order chi connectivity index (χ1) is 5.07. The molecular weight excluding hydrogens is 138 g/mol. The Kier molecular flexibility index (Phi) is 5.51. The molecule has 0 bridgehead atoms. The van der Waals surface area contributed by atoms with E-state index in [-0.39, 0.29) is 6.61 Å². The van der Waals surface area contributed by atoms with Crippen molar-refractivity contribution in [2.24, 2.45) is 5.92 Å². The first kappa shape index (κ1) is 10.9. The van der Waals surface area contributed by atoms with Crippen LogP contribution in [0.3, 0.4) is 0 Å². The van der Waals surface area contributed by atoms with Gasteiger partial charge in [0.05, 0.1) is 0 Å². The molecule has 68 valence electrons. The van der Waals surface area contributed by atoms with Gasteiger partial charge in [0.25, 0.3) is 0 Å². The van der Waals surface area contributed by atoms with Crippen LogP contribution in [0, 0.1) is 5.92 Å². The van der Waals surface area contributed by atoms with E-state index in [4.69, 9.17) is 5.11 Å². The Bertz CT molecular complexity index is 91.6. The maximum Gasteiger partial charge on any atom is 0.0445 e.